The monoisotopic (exact) mass is 398 g/mol. The summed E-state index contributed by atoms with van der Waals surface area (Å²) < 4.78 is 6.43. The summed E-state index contributed by atoms with van der Waals surface area (Å²) in [6.45, 7) is 6.27. The molecule has 3 heterocycles. The van der Waals surface area contributed by atoms with Gasteiger partial charge in [-0.2, -0.15) is 0 Å². The van der Waals surface area contributed by atoms with Crippen molar-refractivity contribution in [2.24, 2.45) is 0 Å². The Hall–Kier alpha value is -3.04. The summed E-state index contributed by atoms with van der Waals surface area (Å²) in [7, 11) is 1.51. The van der Waals surface area contributed by atoms with Crippen LogP contribution in [0.3, 0.4) is 0 Å². The average Bonchev–Trinajstić information content (AvgIpc) is 2.63. The van der Waals surface area contributed by atoms with Crippen molar-refractivity contribution in [1.29, 1.82) is 0 Å². The van der Waals surface area contributed by atoms with Gasteiger partial charge in [0.05, 0.1) is 30.8 Å². The molecular weight excluding hydrogens is 372 g/mol. The van der Waals surface area contributed by atoms with E-state index in [1.165, 1.54) is 11.7 Å². The Morgan fingerprint density at radius 3 is 2.72 bits per heavy atom. The highest BCUT2D eigenvalue weighted by atomic mass is 16.5. The second-order valence-corrected chi connectivity index (χ2v) is 7.79. The summed E-state index contributed by atoms with van der Waals surface area (Å²) in [6, 6.07) is 3.61. The fraction of sp³-hybridized carbons (Fsp3) is 0.400. The lowest BCUT2D eigenvalue weighted by Crippen LogP contribution is -2.31. The van der Waals surface area contributed by atoms with Gasteiger partial charge < -0.3 is 25.0 Å². The average molecular weight is 398 g/mol. The molecular formula is C20H26N6O3. The summed E-state index contributed by atoms with van der Waals surface area (Å²) in [5.74, 6) is 1.56. The van der Waals surface area contributed by atoms with E-state index in [4.69, 9.17) is 4.74 Å². The maximum atomic E-state index is 13.1. The van der Waals surface area contributed by atoms with Gasteiger partial charge in [0.15, 0.2) is 0 Å². The lowest BCUT2D eigenvalue weighted by molar-refractivity contribution is 0.0531. The standard InChI is InChI=1S/C20H26N6O3/c1-20(2,3)25-18-17-13(5-8-26(19(17)28)11-14(27)12-29-4)9-15(24-18)23-16-10-21-6-7-22-16/h5-10,14,27H,11-12H2,1-4H3,(H2,22,23,24,25). The number of fused-ring (bicyclic) bond motifs is 1. The van der Waals surface area contributed by atoms with E-state index in [1.807, 2.05) is 26.8 Å². The number of aromatic nitrogens is 4. The molecule has 3 rings (SSSR count). The molecule has 0 aliphatic carbocycles. The first-order valence-electron chi connectivity index (χ1n) is 9.29. The molecule has 154 valence electrons. The highest BCUT2D eigenvalue weighted by molar-refractivity contribution is 5.93. The Morgan fingerprint density at radius 2 is 2.07 bits per heavy atom. The number of aliphatic hydroxyl groups excluding tert-OH is 1. The summed E-state index contributed by atoms with van der Waals surface area (Å²) in [4.78, 5) is 26.0. The number of hydrogen-bond donors (Lipinski definition) is 3. The number of methoxy groups -OCH3 is 1. The molecule has 3 N–H and O–H groups in total. The normalized spacial score (nSPS) is 12.7. The quantitative estimate of drug-likeness (QED) is 0.555. The van der Waals surface area contributed by atoms with Crippen LogP contribution in [0.15, 0.2) is 41.7 Å². The molecule has 0 bridgehead atoms. The minimum absolute atomic E-state index is 0.136. The van der Waals surface area contributed by atoms with Crippen LogP contribution in [0.25, 0.3) is 10.8 Å². The van der Waals surface area contributed by atoms with Crippen molar-refractivity contribution < 1.29 is 9.84 Å². The second kappa shape index (κ2) is 8.54. The number of ether oxygens (including phenoxy) is 1. The highest BCUT2D eigenvalue weighted by Gasteiger charge is 2.18. The van der Waals surface area contributed by atoms with Crippen LogP contribution in [0.1, 0.15) is 20.8 Å². The fourth-order valence-corrected chi connectivity index (χ4v) is 2.92. The largest absolute Gasteiger partial charge is 0.389 e. The Labute approximate surface area is 168 Å². The van der Waals surface area contributed by atoms with E-state index in [1.54, 1.807) is 30.9 Å². The first kappa shape index (κ1) is 20.7. The third kappa shape index (κ3) is 5.27. The van der Waals surface area contributed by atoms with Crippen LogP contribution in [-0.2, 0) is 11.3 Å². The van der Waals surface area contributed by atoms with E-state index < -0.39 is 6.10 Å². The molecule has 0 saturated carbocycles. The van der Waals surface area contributed by atoms with Gasteiger partial charge in [-0.1, -0.05) is 0 Å². The molecule has 0 fully saturated rings. The lowest BCUT2D eigenvalue weighted by Gasteiger charge is -2.23. The maximum Gasteiger partial charge on any atom is 0.262 e. The van der Waals surface area contributed by atoms with E-state index in [0.717, 1.165) is 5.39 Å². The molecule has 0 aliphatic heterocycles. The summed E-state index contributed by atoms with van der Waals surface area (Å²) >= 11 is 0. The second-order valence-electron chi connectivity index (χ2n) is 7.79. The van der Waals surface area contributed by atoms with E-state index in [2.05, 4.69) is 25.6 Å². The number of pyridine rings is 2. The van der Waals surface area contributed by atoms with Crippen molar-refractivity contribution in [2.75, 3.05) is 24.4 Å². The van der Waals surface area contributed by atoms with Gasteiger partial charge in [-0.15, -0.1) is 0 Å². The van der Waals surface area contributed by atoms with Crippen LogP contribution in [0, 0.1) is 0 Å². The Bertz CT molecular complexity index is 1030. The minimum atomic E-state index is -0.778. The topological polar surface area (TPSA) is 114 Å². The van der Waals surface area contributed by atoms with Crippen LogP contribution in [-0.4, -0.2) is 50.0 Å². The first-order valence-corrected chi connectivity index (χ1v) is 9.29. The van der Waals surface area contributed by atoms with Gasteiger partial charge in [-0.25, -0.2) is 9.97 Å². The Kier molecular flexibility index (Phi) is 6.09. The predicted octanol–water partition coefficient (Wildman–Crippen LogP) is 2.15. The predicted molar refractivity (Wildman–Crippen MR) is 113 cm³/mol. The van der Waals surface area contributed by atoms with Crippen LogP contribution in [0.5, 0.6) is 0 Å². The number of anilines is 3. The van der Waals surface area contributed by atoms with Crippen molar-refractivity contribution in [3.8, 4) is 0 Å². The third-order valence-electron chi connectivity index (χ3n) is 4.04. The zero-order valence-corrected chi connectivity index (χ0v) is 17.0. The van der Waals surface area contributed by atoms with Crippen molar-refractivity contribution in [3.63, 3.8) is 0 Å². The molecule has 0 saturated heterocycles. The first-order chi connectivity index (χ1) is 13.8. The summed E-state index contributed by atoms with van der Waals surface area (Å²) in [5, 5.41) is 17.6. The number of nitrogens with zero attached hydrogens (tertiary/aromatic N) is 4. The molecule has 0 amide bonds. The molecule has 9 nitrogen and oxygen atoms in total. The molecule has 0 radical (unpaired) electrons. The van der Waals surface area contributed by atoms with Crippen LogP contribution in [0.4, 0.5) is 17.5 Å². The fourth-order valence-electron chi connectivity index (χ4n) is 2.92. The van der Waals surface area contributed by atoms with E-state index in [-0.39, 0.29) is 24.2 Å². The van der Waals surface area contributed by atoms with Gasteiger partial charge in [-0.05, 0) is 38.3 Å². The zero-order valence-electron chi connectivity index (χ0n) is 17.0. The van der Waals surface area contributed by atoms with Gasteiger partial charge in [0.1, 0.15) is 17.5 Å². The Balaban J connectivity index is 2.08. The van der Waals surface area contributed by atoms with Gasteiger partial charge in [-0.3, -0.25) is 9.78 Å². The zero-order chi connectivity index (χ0) is 21.0. The van der Waals surface area contributed by atoms with Gasteiger partial charge >= 0.3 is 0 Å². The number of nitrogens with one attached hydrogen (secondary N) is 2. The number of aliphatic hydroxyl groups is 1. The lowest BCUT2D eigenvalue weighted by atomic mass is 10.1. The number of rotatable bonds is 7. The van der Waals surface area contributed by atoms with Crippen molar-refractivity contribution in [3.05, 3.63) is 47.3 Å². The highest BCUT2D eigenvalue weighted by Crippen LogP contribution is 2.25. The molecule has 3 aromatic heterocycles. The minimum Gasteiger partial charge on any atom is -0.389 e. The van der Waals surface area contributed by atoms with E-state index in [0.29, 0.717) is 22.8 Å². The SMILES string of the molecule is COCC(O)Cn1ccc2cc(Nc3cnccn3)nc(NC(C)(C)C)c2c1=O. The van der Waals surface area contributed by atoms with Crippen molar-refractivity contribution in [1.82, 2.24) is 19.5 Å². The summed E-state index contributed by atoms with van der Waals surface area (Å²) in [5.41, 5.74) is -0.545. The molecule has 1 atom stereocenters. The van der Waals surface area contributed by atoms with Gasteiger partial charge in [0.25, 0.3) is 5.56 Å². The van der Waals surface area contributed by atoms with Crippen molar-refractivity contribution >= 4 is 28.2 Å². The maximum absolute atomic E-state index is 13.1. The summed E-state index contributed by atoms with van der Waals surface area (Å²) in [6.07, 6.45) is 5.65. The van der Waals surface area contributed by atoms with Crippen molar-refractivity contribution in [2.45, 2.75) is 39.0 Å². The molecule has 0 spiro atoms. The molecule has 0 aliphatic rings. The van der Waals surface area contributed by atoms with Gasteiger partial charge in [0, 0.05) is 31.2 Å². The van der Waals surface area contributed by atoms with Crippen LogP contribution >= 0.6 is 0 Å². The molecule has 29 heavy (non-hydrogen) atoms. The van der Waals surface area contributed by atoms with Crippen LogP contribution in [0.2, 0.25) is 0 Å². The number of hydrogen-bond acceptors (Lipinski definition) is 8. The molecule has 1 unspecified atom stereocenters. The molecule has 9 heteroatoms. The van der Waals surface area contributed by atoms with E-state index in [9.17, 15) is 9.90 Å². The van der Waals surface area contributed by atoms with Crippen LogP contribution < -0.4 is 16.2 Å². The Morgan fingerprint density at radius 1 is 1.28 bits per heavy atom. The molecule has 3 aromatic rings. The van der Waals surface area contributed by atoms with E-state index >= 15 is 0 Å². The van der Waals surface area contributed by atoms with Gasteiger partial charge in [0.2, 0.25) is 0 Å². The smallest absolute Gasteiger partial charge is 0.262 e. The third-order valence-corrected chi connectivity index (χ3v) is 4.04. The molecule has 0 aromatic carbocycles.